The van der Waals surface area contributed by atoms with Crippen molar-refractivity contribution in [3.8, 4) is 0 Å². The predicted molar refractivity (Wildman–Crippen MR) is 118 cm³/mol. The van der Waals surface area contributed by atoms with Crippen LogP contribution in [0.25, 0.3) is 0 Å². The van der Waals surface area contributed by atoms with Crippen LogP contribution in [0, 0.1) is 0 Å². The molecule has 1 aromatic heterocycles. The Hall–Kier alpha value is -2.10. The number of carbonyl (C=O) groups is 1. The summed E-state index contributed by atoms with van der Waals surface area (Å²) in [7, 11) is 0. The zero-order chi connectivity index (χ0) is 21.2. The second-order valence-corrected chi connectivity index (χ2v) is 8.31. The van der Waals surface area contributed by atoms with Gasteiger partial charge in [0.15, 0.2) is 5.16 Å². The summed E-state index contributed by atoms with van der Waals surface area (Å²) in [6.45, 7) is 8.89. The van der Waals surface area contributed by atoms with Crippen LogP contribution >= 0.6 is 11.8 Å². The van der Waals surface area contributed by atoms with Crippen LogP contribution in [-0.2, 0) is 20.8 Å². The van der Waals surface area contributed by atoms with E-state index >= 15 is 0 Å². The van der Waals surface area contributed by atoms with Crippen LogP contribution in [0.2, 0.25) is 0 Å². The fourth-order valence-electron chi connectivity index (χ4n) is 3.09. The van der Waals surface area contributed by atoms with Crippen LogP contribution in [0.5, 0.6) is 0 Å². The van der Waals surface area contributed by atoms with E-state index in [1.165, 1.54) is 17.3 Å². The number of hydrogen-bond acceptors (Lipinski definition) is 7. The van der Waals surface area contributed by atoms with E-state index in [0.29, 0.717) is 38.7 Å². The maximum Gasteiger partial charge on any atom is 0.230 e. The fraction of sp³-hybridized carbons (Fsp3) is 0.571. The number of rotatable bonds is 11. The first-order valence-electron chi connectivity index (χ1n) is 10.4. The third kappa shape index (κ3) is 7.00. The SMILES string of the molecule is CC(C)OCCCNC(=O)CSc1nnc(N2CCOCC2)n1Cc1ccccc1. The minimum Gasteiger partial charge on any atom is -0.379 e. The summed E-state index contributed by atoms with van der Waals surface area (Å²) in [5.41, 5.74) is 1.17. The molecular formula is C21H31N5O3S. The van der Waals surface area contributed by atoms with Gasteiger partial charge in [0.1, 0.15) is 0 Å². The molecule has 164 valence electrons. The molecule has 0 radical (unpaired) electrons. The van der Waals surface area contributed by atoms with Gasteiger partial charge in [0.2, 0.25) is 11.9 Å². The van der Waals surface area contributed by atoms with E-state index in [9.17, 15) is 4.79 Å². The van der Waals surface area contributed by atoms with E-state index in [-0.39, 0.29) is 12.0 Å². The number of morpholine rings is 1. The molecule has 1 fully saturated rings. The minimum absolute atomic E-state index is 0.00766. The Kier molecular flexibility index (Phi) is 8.98. The molecule has 2 heterocycles. The highest BCUT2D eigenvalue weighted by molar-refractivity contribution is 7.99. The summed E-state index contributed by atoms with van der Waals surface area (Å²) >= 11 is 1.42. The minimum atomic E-state index is -0.00766. The predicted octanol–water partition coefficient (Wildman–Crippen LogP) is 2.19. The largest absolute Gasteiger partial charge is 0.379 e. The van der Waals surface area contributed by atoms with Crippen molar-refractivity contribution in [3.05, 3.63) is 35.9 Å². The molecule has 9 heteroatoms. The van der Waals surface area contributed by atoms with Crippen LogP contribution in [0.4, 0.5) is 5.95 Å². The number of aromatic nitrogens is 3. The highest BCUT2D eigenvalue weighted by Crippen LogP contribution is 2.24. The first-order valence-corrected chi connectivity index (χ1v) is 11.4. The number of ether oxygens (including phenoxy) is 2. The molecule has 1 aliphatic heterocycles. The molecular weight excluding hydrogens is 402 g/mol. The molecule has 1 aromatic carbocycles. The number of benzene rings is 1. The Labute approximate surface area is 182 Å². The Balaban J connectivity index is 1.59. The summed E-state index contributed by atoms with van der Waals surface area (Å²) in [5.74, 6) is 1.13. The van der Waals surface area contributed by atoms with Gasteiger partial charge in [0, 0.05) is 26.2 Å². The molecule has 0 aliphatic carbocycles. The number of thioether (sulfide) groups is 1. The van der Waals surface area contributed by atoms with Gasteiger partial charge in [-0.25, -0.2) is 0 Å². The van der Waals surface area contributed by atoms with Gasteiger partial charge in [-0.1, -0.05) is 42.1 Å². The standard InChI is InChI=1S/C21H31N5O3S/c1-17(2)29-12-6-9-22-19(27)16-30-21-24-23-20(25-10-13-28-14-11-25)26(21)15-18-7-4-3-5-8-18/h3-5,7-8,17H,6,9-16H2,1-2H3,(H,22,27). The van der Waals surface area contributed by atoms with Crippen LogP contribution in [-0.4, -0.2) is 72.0 Å². The third-order valence-corrected chi connectivity index (χ3v) is 5.57. The molecule has 0 bridgehead atoms. The number of anilines is 1. The van der Waals surface area contributed by atoms with Gasteiger partial charge < -0.3 is 19.7 Å². The van der Waals surface area contributed by atoms with Crippen molar-refractivity contribution in [3.63, 3.8) is 0 Å². The Morgan fingerprint density at radius 2 is 2.00 bits per heavy atom. The van der Waals surface area contributed by atoms with Gasteiger partial charge in [0.25, 0.3) is 0 Å². The van der Waals surface area contributed by atoms with Gasteiger partial charge >= 0.3 is 0 Å². The summed E-state index contributed by atoms with van der Waals surface area (Å²) in [6.07, 6.45) is 1.02. The van der Waals surface area contributed by atoms with E-state index in [0.717, 1.165) is 30.6 Å². The number of nitrogens with one attached hydrogen (secondary N) is 1. The molecule has 0 spiro atoms. The summed E-state index contributed by atoms with van der Waals surface area (Å²) in [5, 5.41) is 12.5. The molecule has 0 unspecified atom stereocenters. The number of amides is 1. The molecule has 0 saturated carbocycles. The molecule has 1 amide bonds. The molecule has 1 N–H and O–H groups in total. The van der Waals surface area contributed by atoms with Crippen LogP contribution in [0.3, 0.4) is 0 Å². The molecule has 30 heavy (non-hydrogen) atoms. The second kappa shape index (κ2) is 11.9. The normalized spacial score (nSPS) is 14.3. The van der Waals surface area contributed by atoms with Crippen molar-refractivity contribution in [1.82, 2.24) is 20.1 Å². The van der Waals surface area contributed by atoms with Gasteiger partial charge in [-0.2, -0.15) is 0 Å². The Morgan fingerprint density at radius 1 is 1.23 bits per heavy atom. The summed E-state index contributed by atoms with van der Waals surface area (Å²) in [4.78, 5) is 14.4. The lowest BCUT2D eigenvalue weighted by Crippen LogP contribution is -2.38. The van der Waals surface area contributed by atoms with Crippen molar-refractivity contribution < 1.29 is 14.3 Å². The van der Waals surface area contributed by atoms with Crippen LogP contribution < -0.4 is 10.2 Å². The average molecular weight is 434 g/mol. The van der Waals surface area contributed by atoms with Crippen molar-refractivity contribution in [2.75, 3.05) is 50.1 Å². The van der Waals surface area contributed by atoms with E-state index in [1.807, 2.05) is 32.0 Å². The number of carbonyl (C=O) groups excluding carboxylic acids is 1. The highest BCUT2D eigenvalue weighted by Gasteiger charge is 2.21. The maximum atomic E-state index is 12.2. The Morgan fingerprint density at radius 3 is 2.73 bits per heavy atom. The van der Waals surface area contributed by atoms with Gasteiger partial charge in [-0.3, -0.25) is 9.36 Å². The molecule has 3 rings (SSSR count). The van der Waals surface area contributed by atoms with Crippen molar-refractivity contribution >= 4 is 23.6 Å². The Bertz CT molecular complexity index is 778. The van der Waals surface area contributed by atoms with E-state index in [4.69, 9.17) is 9.47 Å². The van der Waals surface area contributed by atoms with E-state index in [2.05, 4.69) is 37.1 Å². The number of nitrogens with zero attached hydrogens (tertiary/aromatic N) is 4. The van der Waals surface area contributed by atoms with Gasteiger partial charge in [-0.05, 0) is 25.8 Å². The second-order valence-electron chi connectivity index (χ2n) is 7.37. The fourth-order valence-corrected chi connectivity index (χ4v) is 3.85. The zero-order valence-corrected chi connectivity index (χ0v) is 18.6. The van der Waals surface area contributed by atoms with Crippen LogP contribution in [0.15, 0.2) is 35.5 Å². The molecule has 0 atom stereocenters. The summed E-state index contributed by atoms with van der Waals surface area (Å²) < 4.78 is 13.1. The highest BCUT2D eigenvalue weighted by atomic mass is 32.2. The third-order valence-electron chi connectivity index (χ3n) is 4.60. The van der Waals surface area contributed by atoms with E-state index in [1.54, 1.807) is 0 Å². The monoisotopic (exact) mass is 433 g/mol. The van der Waals surface area contributed by atoms with Gasteiger partial charge in [-0.15, -0.1) is 10.2 Å². The average Bonchev–Trinajstić information content (AvgIpc) is 3.15. The molecule has 1 saturated heterocycles. The molecule has 8 nitrogen and oxygen atoms in total. The van der Waals surface area contributed by atoms with Crippen molar-refractivity contribution in [2.24, 2.45) is 0 Å². The summed E-state index contributed by atoms with van der Waals surface area (Å²) in [6, 6.07) is 10.2. The smallest absolute Gasteiger partial charge is 0.230 e. The first-order chi connectivity index (χ1) is 14.6. The first kappa shape index (κ1) is 22.6. The lowest BCUT2D eigenvalue weighted by Gasteiger charge is -2.28. The number of hydrogen-bond donors (Lipinski definition) is 1. The van der Waals surface area contributed by atoms with E-state index < -0.39 is 0 Å². The van der Waals surface area contributed by atoms with Crippen molar-refractivity contribution in [1.29, 1.82) is 0 Å². The quantitative estimate of drug-likeness (QED) is 0.430. The molecule has 2 aromatic rings. The van der Waals surface area contributed by atoms with Crippen LogP contribution in [0.1, 0.15) is 25.8 Å². The maximum absolute atomic E-state index is 12.2. The van der Waals surface area contributed by atoms with Crippen molar-refractivity contribution in [2.45, 2.75) is 38.1 Å². The lowest BCUT2D eigenvalue weighted by atomic mass is 10.2. The van der Waals surface area contributed by atoms with Gasteiger partial charge in [0.05, 0.1) is 31.6 Å². The lowest BCUT2D eigenvalue weighted by molar-refractivity contribution is -0.118. The zero-order valence-electron chi connectivity index (χ0n) is 17.7. The molecule has 1 aliphatic rings. The topological polar surface area (TPSA) is 81.5 Å².